The molecule has 2 aliphatic rings. The van der Waals surface area contributed by atoms with Crippen LogP contribution in [0.15, 0.2) is 48.0 Å². The van der Waals surface area contributed by atoms with Crippen LogP contribution in [0.25, 0.3) is 5.76 Å². The van der Waals surface area contributed by atoms with Crippen molar-refractivity contribution < 1.29 is 33.6 Å². The molecule has 1 atom stereocenters. The molecule has 2 heterocycles. The van der Waals surface area contributed by atoms with Gasteiger partial charge < -0.3 is 29.0 Å². The number of ketones is 1. The molecular weight excluding hydrogens is 488 g/mol. The zero-order valence-electron chi connectivity index (χ0n) is 22.3. The van der Waals surface area contributed by atoms with Gasteiger partial charge in [0.1, 0.15) is 11.5 Å². The summed E-state index contributed by atoms with van der Waals surface area (Å²) >= 11 is 0. The van der Waals surface area contributed by atoms with E-state index in [2.05, 4.69) is 4.90 Å². The molecule has 9 nitrogen and oxygen atoms in total. The lowest BCUT2D eigenvalue weighted by atomic mass is 9.95. The highest BCUT2D eigenvalue weighted by molar-refractivity contribution is 6.46. The van der Waals surface area contributed by atoms with Gasteiger partial charge in [-0.1, -0.05) is 6.07 Å². The highest BCUT2D eigenvalue weighted by atomic mass is 16.5. The Kier molecular flexibility index (Phi) is 9.25. The number of morpholine rings is 1. The van der Waals surface area contributed by atoms with Crippen LogP contribution in [0.2, 0.25) is 0 Å². The van der Waals surface area contributed by atoms with Gasteiger partial charge in [-0.25, -0.2) is 0 Å². The summed E-state index contributed by atoms with van der Waals surface area (Å²) in [6.07, 6.45) is 0. The summed E-state index contributed by atoms with van der Waals surface area (Å²) in [6, 6.07) is 11.4. The van der Waals surface area contributed by atoms with E-state index in [1.807, 2.05) is 26.8 Å². The van der Waals surface area contributed by atoms with Crippen LogP contribution in [-0.2, 0) is 14.3 Å². The molecule has 0 aliphatic carbocycles. The minimum atomic E-state index is -0.780. The first-order valence-corrected chi connectivity index (χ1v) is 13.2. The Morgan fingerprint density at radius 1 is 0.895 bits per heavy atom. The van der Waals surface area contributed by atoms with Crippen LogP contribution in [0.1, 0.15) is 37.9 Å². The average molecular weight is 525 g/mol. The number of amides is 1. The van der Waals surface area contributed by atoms with E-state index in [1.54, 1.807) is 41.3 Å². The molecule has 2 saturated heterocycles. The van der Waals surface area contributed by atoms with Crippen LogP contribution in [0.4, 0.5) is 0 Å². The van der Waals surface area contributed by atoms with Gasteiger partial charge in [-0.2, -0.15) is 0 Å². The van der Waals surface area contributed by atoms with Crippen LogP contribution in [0, 0.1) is 0 Å². The highest BCUT2D eigenvalue weighted by Crippen LogP contribution is 2.42. The first-order valence-electron chi connectivity index (χ1n) is 13.2. The van der Waals surface area contributed by atoms with Crippen LogP contribution in [-0.4, -0.2) is 85.8 Å². The summed E-state index contributed by atoms with van der Waals surface area (Å²) < 4.78 is 22.5. The Morgan fingerprint density at radius 2 is 1.55 bits per heavy atom. The molecule has 38 heavy (non-hydrogen) atoms. The van der Waals surface area contributed by atoms with Gasteiger partial charge in [0.25, 0.3) is 11.7 Å². The number of hydrogen-bond donors (Lipinski definition) is 1. The number of carbonyl (C=O) groups is 2. The Balaban J connectivity index is 1.76. The standard InChI is InChI=1S/C29H36N2O7/c1-4-36-22-10-7-20(8-11-22)27(32)25-26(21-9-12-23(37-5-2)24(19-21)38-6-3)31(29(34)28(25)33)14-13-30-15-17-35-18-16-30/h7-12,19,26,32H,4-6,13-18H2,1-3H3. The lowest BCUT2D eigenvalue weighted by Gasteiger charge is -2.31. The van der Waals surface area contributed by atoms with E-state index < -0.39 is 17.7 Å². The summed E-state index contributed by atoms with van der Waals surface area (Å²) in [5.41, 5.74) is 1.14. The molecular formula is C29H36N2O7. The monoisotopic (exact) mass is 524 g/mol. The lowest BCUT2D eigenvalue weighted by molar-refractivity contribution is -0.140. The van der Waals surface area contributed by atoms with Crippen molar-refractivity contribution in [2.75, 3.05) is 59.2 Å². The fourth-order valence-electron chi connectivity index (χ4n) is 4.80. The molecule has 9 heteroatoms. The quantitative estimate of drug-likeness (QED) is 0.270. The zero-order chi connectivity index (χ0) is 27.1. The molecule has 0 radical (unpaired) electrons. The minimum Gasteiger partial charge on any atom is -0.507 e. The number of carbonyl (C=O) groups excluding carboxylic acids is 2. The zero-order valence-corrected chi connectivity index (χ0v) is 22.3. The van der Waals surface area contributed by atoms with Crippen LogP contribution in [0.3, 0.4) is 0 Å². The fraction of sp³-hybridized carbons (Fsp3) is 0.448. The van der Waals surface area contributed by atoms with Crippen molar-refractivity contribution in [2.24, 2.45) is 0 Å². The van der Waals surface area contributed by atoms with E-state index in [4.69, 9.17) is 18.9 Å². The Morgan fingerprint density at radius 3 is 2.21 bits per heavy atom. The second-order valence-electron chi connectivity index (χ2n) is 8.98. The topological polar surface area (TPSA) is 97.8 Å². The number of benzene rings is 2. The highest BCUT2D eigenvalue weighted by Gasteiger charge is 2.46. The lowest BCUT2D eigenvalue weighted by Crippen LogP contribution is -2.42. The molecule has 2 aliphatic heterocycles. The number of aliphatic hydroxyl groups is 1. The molecule has 0 saturated carbocycles. The maximum atomic E-state index is 13.4. The normalized spacial score (nSPS) is 19.6. The van der Waals surface area contributed by atoms with E-state index in [0.717, 1.165) is 13.1 Å². The summed E-state index contributed by atoms with van der Waals surface area (Å²) in [5, 5.41) is 11.4. The van der Waals surface area contributed by atoms with Crippen LogP contribution in [0.5, 0.6) is 17.2 Å². The number of rotatable bonds is 11. The van der Waals surface area contributed by atoms with E-state index in [0.29, 0.717) is 74.5 Å². The van der Waals surface area contributed by atoms with Crippen molar-refractivity contribution >= 4 is 17.4 Å². The van der Waals surface area contributed by atoms with Crippen LogP contribution < -0.4 is 14.2 Å². The molecule has 1 amide bonds. The van der Waals surface area contributed by atoms with Gasteiger partial charge in [-0.3, -0.25) is 14.5 Å². The van der Waals surface area contributed by atoms with Crippen LogP contribution >= 0.6 is 0 Å². The SMILES string of the molecule is CCOc1ccc(C(O)=C2C(=O)C(=O)N(CCN3CCOCC3)C2c2ccc(OCC)c(OCC)c2)cc1. The maximum Gasteiger partial charge on any atom is 0.295 e. The van der Waals surface area contributed by atoms with Crippen molar-refractivity contribution in [3.8, 4) is 17.2 Å². The number of Topliss-reactive ketones (excluding diaryl/α,β-unsaturated/α-hetero) is 1. The number of ether oxygens (including phenoxy) is 4. The van der Waals surface area contributed by atoms with Crippen molar-refractivity contribution in [2.45, 2.75) is 26.8 Å². The first-order chi connectivity index (χ1) is 18.5. The number of aliphatic hydroxyl groups excluding tert-OH is 1. The van der Waals surface area contributed by atoms with Gasteiger partial charge in [0.2, 0.25) is 0 Å². The van der Waals surface area contributed by atoms with E-state index in [1.165, 1.54) is 0 Å². The molecule has 2 aromatic carbocycles. The molecule has 1 unspecified atom stereocenters. The van der Waals surface area contributed by atoms with Gasteiger partial charge in [0.15, 0.2) is 11.5 Å². The number of hydrogen-bond acceptors (Lipinski definition) is 8. The van der Waals surface area contributed by atoms with E-state index in [9.17, 15) is 14.7 Å². The third-order valence-electron chi connectivity index (χ3n) is 6.62. The predicted molar refractivity (Wildman–Crippen MR) is 143 cm³/mol. The Hall–Kier alpha value is -3.56. The first kappa shape index (κ1) is 27.5. The minimum absolute atomic E-state index is 0.0488. The fourth-order valence-corrected chi connectivity index (χ4v) is 4.80. The molecule has 4 rings (SSSR count). The molecule has 0 aromatic heterocycles. The van der Waals surface area contributed by atoms with Gasteiger partial charge in [0.05, 0.1) is 44.6 Å². The molecule has 204 valence electrons. The number of likely N-dealkylation sites (tertiary alicyclic amines) is 1. The summed E-state index contributed by atoms with van der Waals surface area (Å²) in [5.74, 6) is 0.177. The van der Waals surface area contributed by atoms with Crippen molar-refractivity contribution in [3.63, 3.8) is 0 Å². The van der Waals surface area contributed by atoms with Crippen molar-refractivity contribution in [3.05, 3.63) is 59.2 Å². The third kappa shape index (κ3) is 5.95. The maximum absolute atomic E-state index is 13.4. The van der Waals surface area contributed by atoms with Gasteiger partial charge in [-0.15, -0.1) is 0 Å². The van der Waals surface area contributed by atoms with Gasteiger partial charge >= 0.3 is 0 Å². The Labute approximate surface area is 223 Å². The average Bonchev–Trinajstić information content (AvgIpc) is 3.19. The predicted octanol–water partition coefficient (Wildman–Crippen LogP) is 3.64. The summed E-state index contributed by atoms with van der Waals surface area (Å²) in [6.45, 7) is 10.8. The number of nitrogens with zero attached hydrogens (tertiary/aromatic N) is 2. The summed E-state index contributed by atoms with van der Waals surface area (Å²) in [7, 11) is 0. The van der Waals surface area contributed by atoms with E-state index >= 15 is 0 Å². The summed E-state index contributed by atoms with van der Waals surface area (Å²) in [4.78, 5) is 30.5. The molecule has 0 spiro atoms. The second kappa shape index (κ2) is 12.8. The van der Waals surface area contributed by atoms with Gasteiger partial charge in [0, 0.05) is 31.7 Å². The molecule has 2 fully saturated rings. The molecule has 0 bridgehead atoms. The smallest absolute Gasteiger partial charge is 0.295 e. The van der Waals surface area contributed by atoms with E-state index in [-0.39, 0.29) is 11.3 Å². The third-order valence-corrected chi connectivity index (χ3v) is 6.62. The molecule has 1 N–H and O–H groups in total. The Bertz CT molecular complexity index is 1160. The second-order valence-corrected chi connectivity index (χ2v) is 8.98. The van der Waals surface area contributed by atoms with Gasteiger partial charge in [-0.05, 0) is 62.7 Å². The van der Waals surface area contributed by atoms with Crippen molar-refractivity contribution in [1.82, 2.24) is 9.80 Å². The van der Waals surface area contributed by atoms with Crippen molar-refractivity contribution in [1.29, 1.82) is 0 Å². The largest absolute Gasteiger partial charge is 0.507 e. The molecule has 2 aromatic rings.